The summed E-state index contributed by atoms with van der Waals surface area (Å²) in [7, 11) is 2.89. The summed E-state index contributed by atoms with van der Waals surface area (Å²) < 4.78 is 11.9. The van der Waals surface area contributed by atoms with E-state index in [1.807, 2.05) is 25.1 Å². The van der Waals surface area contributed by atoms with E-state index >= 15 is 0 Å². The average Bonchev–Trinajstić information content (AvgIpc) is 3.21. The van der Waals surface area contributed by atoms with Crippen molar-refractivity contribution in [2.45, 2.75) is 19.0 Å². The molecule has 0 unspecified atom stereocenters. The normalized spacial score (nSPS) is 10.6. The van der Waals surface area contributed by atoms with Crippen molar-refractivity contribution < 1.29 is 19.2 Å². The minimum absolute atomic E-state index is 0.0211. The highest BCUT2D eigenvalue weighted by molar-refractivity contribution is 7.99. The topological polar surface area (TPSA) is 134 Å². The smallest absolute Gasteiger partial charge is 0.311 e. The van der Waals surface area contributed by atoms with E-state index < -0.39 is 4.92 Å². The fourth-order valence-electron chi connectivity index (χ4n) is 2.82. The average molecular weight is 444 g/mol. The van der Waals surface area contributed by atoms with Crippen LogP contribution in [-0.2, 0) is 4.79 Å². The summed E-state index contributed by atoms with van der Waals surface area (Å²) in [6, 6.07) is 8.39. The van der Waals surface area contributed by atoms with Crippen molar-refractivity contribution in [3.8, 4) is 17.2 Å². The van der Waals surface area contributed by atoms with E-state index in [1.54, 1.807) is 14.0 Å². The predicted molar refractivity (Wildman–Crippen MR) is 114 cm³/mol. The lowest BCUT2D eigenvalue weighted by atomic mass is 10.1. The van der Waals surface area contributed by atoms with Gasteiger partial charge in [-0.25, -0.2) is 0 Å². The summed E-state index contributed by atoms with van der Waals surface area (Å²) >= 11 is 1.14. The van der Waals surface area contributed by atoms with E-state index in [2.05, 4.69) is 20.8 Å². The first-order valence-electron chi connectivity index (χ1n) is 9.03. The van der Waals surface area contributed by atoms with Crippen LogP contribution in [-0.4, -0.2) is 51.0 Å². The fourth-order valence-corrected chi connectivity index (χ4v) is 3.50. The zero-order chi connectivity index (χ0) is 22.5. The van der Waals surface area contributed by atoms with Crippen LogP contribution in [0.2, 0.25) is 0 Å². The fraction of sp³-hybridized carbons (Fsp3) is 0.263. The number of ether oxygens (including phenoxy) is 2. The number of aryl methyl sites for hydroxylation is 2. The van der Waals surface area contributed by atoms with Gasteiger partial charge in [-0.2, -0.15) is 4.68 Å². The Morgan fingerprint density at radius 3 is 2.61 bits per heavy atom. The monoisotopic (exact) mass is 444 g/mol. The molecule has 11 nitrogen and oxygen atoms in total. The number of aromatic nitrogens is 4. The highest BCUT2D eigenvalue weighted by atomic mass is 32.2. The molecule has 0 aliphatic heterocycles. The zero-order valence-corrected chi connectivity index (χ0v) is 18.1. The number of benzene rings is 2. The second-order valence-electron chi connectivity index (χ2n) is 6.48. The summed E-state index contributed by atoms with van der Waals surface area (Å²) in [6.07, 6.45) is 0. The number of nitro benzene ring substituents is 1. The van der Waals surface area contributed by atoms with E-state index in [-0.39, 0.29) is 23.1 Å². The van der Waals surface area contributed by atoms with Crippen molar-refractivity contribution >= 4 is 29.0 Å². The molecule has 3 rings (SSSR count). The Hall–Kier alpha value is -3.67. The van der Waals surface area contributed by atoms with Gasteiger partial charge in [-0.05, 0) is 47.5 Å². The zero-order valence-electron chi connectivity index (χ0n) is 17.3. The molecule has 1 aromatic heterocycles. The molecule has 2 aromatic carbocycles. The van der Waals surface area contributed by atoms with Gasteiger partial charge in [0.25, 0.3) is 0 Å². The van der Waals surface area contributed by atoms with Crippen molar-refractivity contribution in [3.05, 3.63) is 51.6 Å². The third kappa shape index (κ3) is 4.91. The lowest BCUT2D eigenvalue weighted by molar-refractivity contribution is -0.385. The minimum Gasteiger partial charge on any atom is -0.494 e. The maximum Gasteiger partial charge on any atom is 0.311 e. The largest absolute Gasteiger partial charge is 0.494 e. The van der Waals surface area contributed by atoms with Crippen LogP contribution in [0.25, 0.3) is 5.69 Å². The number of methoxy groups -OCH3 is 2. The van der Waals surface area contributed by atoms with Crippen LogP contribution in [0.3, 0.4) is 0 Å². The number of nitrogens with zero attached hydrogens (tertiary/aromatic N) is 5. The number of anilines is 1. The van der Waals surface area contributed by atoms with Crippen LogP contribution in [0, 0.1) is 24.0 Å². The van der Waals surface area contributed by atoms with Crippen molar-refractivity contribution in [2.24, 2.45) is 0 Å². The van der Waals surface area contributed by atoms with Crippen molar-refractivity contribution in [1.82, 2.24) is 20.2 Å². The molecule has 0 saturated carbocycles. The van der Waals surface area contributed by atoms with E-state index in [9.17, 15) is 14.9 Å². The standard InChI is InChI=1S/C19H20N6O5S/c1-11-5-6-16(29-3)14(7-11)24-19(21-22-23-24)31-10-18(26)20-13-9-17(30-4)15(25(27)28)8-12(13)2/h5-9H,10H2,1-4H3,(H,20,26). The lowest BCUT2D eigenvalue weighted by Gasteiger charge is -2.11. The number of nitro groups is 1. The summed E-state index contributed by atoms with van der Waals surface area (Å²) in [5.41, 5.74) is 2.46. The number of tetrazole rings is 1. The van der Waals surface area contributed by atoms with Gasteiger partial charge in [0.2, 0.25) is 11.1 Å². The predicted octanol–water partition coefficient (Wildman–Crippen LogP) is 2.94. The molecule has 0 saturated heterocycles. The molecule has 1 N–H and O–H groups in total. The van der Waals surface area contributed by atoms with E-state index in [4.69, 9.17) is 9.47 Å². The van der Waals surface area contributed by atoms with Crippen molar-refractivity contribution in [2.75, 3.05) is 25.3 Å². The summed E-state index contributed by atoms with van der Waals surface area (Å²) in [4.78, 5) is 23.1. The Kier molecular flexibility index (Phi) is 6.70. The Labute approximate surface area is 181 Å². The third-order valence-electron chi connectivity index (χ3n) is 4.33. The van der Waals surface area contributed by atoms with Crippen molar-refractivity contribution in [1.29, 1.82) is 0 Å². The Morgan fingerprint density at radius 2 is 1.94 bits per heavy atom. The molecular weight excluding hydrogens is 424 g/mol. The molecule has 0 fully saturated rings. The molecule has 12 heteroatoms. The minimum atomic E-state index is -0.535. The van der Waals surface area contributed by atoms with Gasteiger partial charge in [-0.15, -0.1) is 5.10 Å². The van der Waals surface area contributed by atoms with E-state index in [0.29, 0.717) is 27.8 Å². The van der Waals surface area contributed by atoms with E-state index in [1.165, 1.54) is 23.9 Å². The summed E-state index contributed by atoms with van der Waals surface area (Å²) in [6.45, 7) is 3.61. The van der Waals surface area contributed by atoms with Gasteiger partial charge >= 0.3 is 5.69 Å². The molecule has 0 aliphatic carbocycles. The van der Waals surface area contributed by atoms with Gasteiger partial charge in [0.15, 0.2) is 5.75 Å². The summed E-state index contributed by atoms with van der Waals surface area (Å²) in [5.74, 6) is 0.356. The number of amides is 1. The maximum atomic E-state index is 12.5. The number of rotatable bonds is 8. The summed E-state index contributed by atoms with van der Waals surface area (Å²) in [5, 5.41) is 26.0. The molecule has 31 heavy (non-hydrogen) atoms. The Bertz CT molecular complexity index is 1130. The van der Waals surface area contributed by atoms with E-state index in [0.717, 1.165) is 17.3 Å². The maximum absolute atomic E-state index is 12.5. The van der Waals surface area contributed by atoms with Crippen LogP contribution < -0.4 is 14.8 Å². The first kappa shape index (κ1) is 22.0. The number of nitrogens with one attached hydrogen (secondary N) is 1. The molecule has 0 bridgehead atoms. The van der Waals surface area contributed by atoms with Crippen LogP contribution in [0.15, 0.2) is 35.5 Å². The molecule has 0 radical (unpaired) electrons. The number of carbonyl (C=O) groups is 1. The molecule has 0 spiro atoms. The second-order valence-corrected chi connectivity index (χ2v) is 7.42. The van der Waals surface area contributed by atoms with Crippen LogP contribution in [0.5, 0.6) is 11.5 Å². The Balaban J connectivity index is 1.74. The quantitative estimate of drug-likeness (QED) is 0.316. The number of hydrogen-bond donors (Lipinski definition) is 1. The number of carbonyl (C=O) groups excluding carboxylic acids is 1. The van der Waals surface area contributed by atoms with Gasteiger partial charge in [-0.1, -0.05) is 17.8 Å². The molecule has 0 atom stereocenters. The molecule has 0 aliphatic rings. The van der Waals surface area contributed by atoms with Crippen molar-refractivity contribution in [3.63, 3.8) is 0 Å². The lowest BCUT2D eigenvalue weighted by Crippen LogP contribution is -2.15. The SMILES string of the molecule is COc1ccc(C)cc1-n1nnnc1SCC(=O)Nc1cc(OC)c([N+](=O)[O-])cc1C. The first-order valence-corrected chi connectivity index (χ1v) is 10.0. The highest BCUT2D eigenvalue weighted by Gasteiger charge is 2.19. The first-order chi connectivity index (χ1) is 14.8. The Morgan fingerprint density at radius 1 is 1.19 bits per heavy atom. The van der Waals surface area contributed by atoms with Crippen LogP contribution in [0.4, 0.5) is 11.4 Å². The number of thioether (sulfide) groups is 1. The van der Waals surface area contributed by atoms with Gasteiger partial charge in [0.1, 0.15) is 11.4 Å². The number of hydrogen-bond acceptors (Lipinski definition) is 9. The second kappa shape index (κ2) is 9.43. The molecule has 162 valence electrons. The third-order valence-corrected chi connectivity index (χ3v) is 5.25. The highest BCUT2D eigenvalue weighted by Crippen LogP contribution is 2.33. The molecule has 3 aromatic rings. The van der Waals surface area contributed by atoms with Gasteiger partial charge < -0.3 is 14.8 Å². The van der Waals surface area contributed by atoms with Crippen LogP contribution in [0.1, 0.15) is 11.1 Å². The van der Waals surface area contributed by atoms with Gasteiger partial charge in [0, 0.05) is 17.8 Å². The van der Waals surface area contributed by atoms with Gasteiger partial charge in [-0.3, -0.25) is 14.9 Å². The molecule has 1 amide bonds. The van der Waals surface area contributed by atoms with Gasteiger partial charge in [0.05, 0.1) is 24.9 Å². The molecule has 1 heterocycles. The molecular formula is C19H20N6O5S. The van der Waals surface area contributed by atoms with Crippen LogP contribution >= 0.6 is 11.8 Å².